The van der Waals surface area contributed by atoms with Crippen LogP contribution in [-0.4, -0.2) is 22.6 Å². The highest BCUT2D eigenvalue weighted by molar-refractivity contribution is 9.10. The van der Waals surface area contributed by atoms with Crippen LogP contribution in [0.4, 0.5) is 10.8 Å². The summed E-state index contributed by atoms with van der Waals surface area (Å²) in [7, 11) is 0. The van der Waals surface area contributed by atoms with Gasteiger partial charge in [0.15, 0.2) is 5.13 Å². The number of nitrogens with zero attached hydrogens (tertiary/aromatic N) is 1. The predicted octanol–water partition coefficient (Wildman–Crippen LogP) is 7.86. The van der Waals surface area contributed by atoms with Crippen LogP contribution in [0.15, 0.2) is 81.5 Å². The lowest BCUT2D eigenvalue weighted by Crippen LogP contribution is -2.14. The normalized spacial score (nSPS) is 10.7. The van der Waals surface area contributed by atoms with E-state index in [9.17, 15) is 9.59 Å². The van der Waals surface area contributed by atoms with Crippen molar-refractivity contribution in [3.05, 3.63) is 92.2 Å². The number of thioether (sulfide) groups is 1. The number of carbonyl (C=O) groups excluding carboxylic acids is 2. The zero-order valence-electron chi connectivity index (χ0n) is 17.3. The van der Waals surface area contributed by atoms with Gasteiger partial charge in [-0.1, -0.05) is 57.3 Å². The van der Waals surface area contributed by atoms with Crippen molar-refractivity contribution in [3.8, 4) is 11.3 Å². The van der Waals surface area contributed by atoms with Crippen molar-refractivity contribution in [2.24, 2.45) is 0 Å². The van der Waals surface area contributed by atoms with Crippen LogP contribution < -0.4 is 10.6 Å². The number of carbonyl (C=O) groups is 2. The number of nitrogens with one attached hydrogen (secondary N) is 2. The van der Waals surface area contributed by atoms with Gasteiger partial charge in [0.05, 0.1) is 22.0 Å². The monoisotopic (exact) mass is 591 g/mol. The van der Waals surface area contributed by atoms with Crippen LogP contribution in [-0.2, 0) is 4.79 Å². The van der Waals surface area contributed by atoms with E-state index >= 15 is 0 Å². The van der Waals surface area contributed by atoms with E-state index in [-0.39, 0.29) is 22.6 Å². The van der Waals surface area contributed by atoms with E-state index in [4.69, 9.17) is 23.2 Å². The molecular weight excluding hydrogens is 577 g/mol. The molecule has 4 aromatic rings. The Bertz CT molecular complexity index is 1350. The van der Waals surface area contributed by atoms with Crippen LogP contribution in [0, 0.1) is 0 Å². The zero-order chi connectivity index (χ0) is 24.1. The fourth-order valence-corrected chi connectivity index (χ4v) is 5.17. The van der Waals surface area contributed by atoms with E-state index in [1.54, 1.807) is 24.3 Å². The number of amides is 2. The van der Waals surface area contributed by atoms with Crippen LogP contribution >= 0.6 is 62.2 Å². The van der Waals surface area contributed by atoms with Crippen molar-refractivity contribution >= 4 is 84.9 Å². The summed E-state index contributed by atoms with van der Waals surface area (Å²) in [4.78, 5) is 30.3. The first-order valence-corrected chi connectivity index (χ1v) is 13.3. The van der Waals surface area contributed by atoms with Gasteiger partial charge in [0.25, 0.3) is 5.91 Å². The molecule has 0 unspecified atom stereocenters. The molecule has 34 heavy (non-hydrogen) atoms. The van der Waals surface area contributed by atoms with Gasteiger partial charge in [-0.2, -0.15) is 0 Å². The summed E-state index contributed by atoms with van der Waals surface area (Å²) >= 11 is 18.2. The average Bonchev–Trinajstić information content (AvgIpc) is 3.26. The molecule has 172 valence electrons. The van der Waals surface area contributed by atoms with Crippen molar-refractivity contribution < 1.29 is 9.59 Å². The van der Waals surface area contributed by atoms with Crippen LogP contribution in [0.25, 0.3) is 11.3 Å². The molecule has 2 N–H and O–H groups in total. The van der Waals surface area contributed by atoms with Gasteiger partial charge in [-0.3, -0.25) is 9.59 Å². The van der Waals surface area contributed by atoms with Crippen molar-refractivity contribution in [2.75, 3.05) is 16.4 Å². The SMILES string of the molecule is O=C(CSc1cccc(NC(=O)c2ccc(Cl)cc2Cl)c1)Nc1nc(-c2ccc(Br)cc2)cs1. The lowest BCUT2D eigenvalue weighted by atomic mass is 10.2. The molecule has 0 saturated heterocycles. The Kier molecular flexibility index (Phi) is 8.28. The predicted molar refractivity (Wildman–Crippen MR) is 145 cm³/mol. The van der Waals surface area contributed by atoms with Crippen LogP contribution in [0.2, 0.25) is 10.0 Å². The first-order valence-electron chi connectivity index (χ1n) is 9.88. The molecule has 10 heteroatoms. The second kappa shape index (κ2) is 11.4. The Labute approximate surface area is 223 Å². The highest BCUT2D eigenvalue weighted by Crippen LogP contribution is 2.27. The summed E-state index contributed by atoms with van der Waals surface area (Å²) in [5.74, 6) is -0.302. The molecule has 0 bridgehead atoms. The van der Waals surface area contributed by atoms with Gasteiger partial charge in [0.1, 0.15) is 0 Å². The second-order valence-corrected chi connectivity index (χ2v) is 10.7. The van der Waals surface area contributed by atoms with Gasteiger partial charge in [-0.25, -0.2) is 4.98 Å². The zero-order valence-corrected chi connectivity index (χ0v) is 22.1. The highest BCUT2D eigenvalue weighted by Gasteiger charge is 2.12. The fraction of sp³-hybridized carbons (Fsp3) is 0.0417. The number of hydrogen-bond acceptors (Lipinski definition) is 5. The largest absolute Gasteiger partial charge is 0.322 e. The van der Waals surface area contributed by atoms with Gasteiger partial charge in [0, 0.05) is 31.0 Å². The Morgan fingerprint density at radius 2 is 1.79 bits per heavy atom. The smallest absolute Gasteiger partial charge is 0.257 e. The van der Waals surface area contributed by atoms with E-state index < -0.39 is 0 Å². The molecule has 0 fully saturated rings. The number of benzene rings is 3. The third kappa shape index (κ3) is 6.61. The minimum atomic E-state index is -0.341. The summed E-state index contributed by atoms with van der Waals surface area (Å²) < 4.78 is 0.995. The number of hydrogen-bond donors (Lipinski definition) is 2. The number of aromatic nitrogens is 1. The molecule has 4 rings (SSSR count). The number of anilines is 2. The van der Waals surface area contributed by atoms with E-state index in [2.05, 4.69) is 31.5 Å². The molecule has 3 aromatic carbocycles. The lowest BCUT2D eigenvalue weighted by molar-refractivity contribution is -0.113. The molecule has 0 aliphatic rings. The van der Waals surface area contributed by atoms with Crippen molar-refractivity contribution in [3.63, 3.8) is 0 Å². The van der Waals surface area contributed by atoms with Crippen LogP contribution in [0.5, 0.6) is 0 Å². The summed E-state index contributed by atoms with van der Waals surface area (Å²) in [5.41, 5.74) is 2.72. The van der Waals surface area contributed by atoms with Gasteiger partial charge in [-0.05, 0) is 48.5 Å². The third-order valence-electron chi connectivity index (χ3n) is 4.53. The third-order valence-corrected chi connectivity index (χ3v) is 7.36. The molecule has 0 atom stereocenters. The quantitative estimate of drug-likeness (QED) is 0.214. The maximum Gasteiger partial charge on any atom is 0.257 e. The fourth-order valence-electron chi connectivity index (χ4n) is 2.92. The Morgan fingerprint density at radius 3 is 2.56 bits per heavy atom. The van der Waals surface area contributed by atoms with Gasteiger partial charge < -0.3 is 10.6 Å². The Morgan fingerprint density at radius 1 is 1.00 bits per heavy atom. The Balaban J connectivity index is 1.32. The average molecular weight is 593 g/mol. The molecular formula is C24H16BrCl2N3O2S2. The molecule has 0 spiro atoms. The molecule has 0 radical (unpaired) electrons. The molecule has 0 aliphatic carbocycles. The van der Waals surface area contributed by atoms with Crippen LogP contribution in [0.1, 0.15) is 10.4 Å². The molecule has 0 saturated carbocycles. The summed E-state index contributed by atoms with van der Waals surface area (Å²) in [5, 5.41) is 8.84. The summed E-state index contributed by atoms with van der Waals surface area (Å²) in [6, 6.07) is 19.8. The minimum absolute atomic E-state index is 0.163. The summed E-state index contributed by atoms with van der Waals surface area (Å²) in [6.45, 7) is 0. The standard InChI is InChI=1S/C24H16BrCl2N3O2S2/c25-15-6-4-14(5-7-15)21-12-34-24(29-21)30-22(31)13-33-18-3-1-2-17(11-18)28-23(32)19-9-8-16(26)10-20(19)27/h1-12H,13H2,(H,28,32)(H,29,30,31). The topological polar surface area (TPSA) is 71.1 Å². The van der Waals surface area contributed by atoms with Gasteiger partial charge in [-0.15, -0.1) is 23.1 Å². The number of rotatable bonds is 7. The Hall–Kier alpha value is -2.36. The van der Waals surface area contributed by atoms with E-state index in [1.807, 2.05) is 41.8 Å². The van der Waals surface area contributed by atoms with E-state index in [0.29, 0.717) is 21.4 Å². The molecule has 1 aromatic heterocycles. The molecule has 2 amide bonds. The first kappa shape index (κ1) is 24.8. The van der Waals surface area contributed by atoms with Crippen molar-refractivity contribution in [2.45, 2.75) is 4.90 Å². The minimum Gasteiger partial charge on any atom is -0.322 e. The number of halogens is 3. The second-order valence-electron chi connectivity index (χ2n) is 6.99. The molecule has 5 nitrogen and oxygen atoms in total. The molecule has 1 heterocycles. The maximum absolute atomic E-state index is 12.5. The van der Waals surface area contributed by atoms with Gasteiger partial charge >= 0.3 is 0 Å². The van der Waals surface area contributed by atoms with E-state index in [0.717, 1.165) is 20.6 Å². The van der Waals surface area contributed by atoms with Crippen molar-refractivity contribution in [1.82, 2.24) is 4.98 Å². The van der Waals surface area contributed by atoms with Crippen molar-refractivity contribution in [1.29, 1.82) is 0 Å². The van der Waals surface area contributed by atoms with E-state index in [1.165, 1.54) is 29.2 Å². The van der Waals surface area contributed by atoms with Crippen LogP contribution in [0.3, 0.4) is 0 Å². The highest BCUT2D eigenvalue weighted by atomic mass is 79.9. The lowest BCUT2D eigenvalue weighted by Gasteiger charge is -2.09. The number of thiazole rings is 1. The van der Waals surface area contributed by atoms with Gasteiger partial charge in [0.2, 0.25) is 5.91 Å². The molecule has 0 aliphatic heterocycles. The maximum atomic E-state index is 12.5. The summed E-state index contributed by atoms with van der Waals surface area (Å²) in [6.07, 6.45) is 0. The first-order chi connectivity index (χ1) is 16.4.